The summed E-state index contributed by atoms with van der Waals surface area (Å²) >= 11 is 1.46. The zero-order valence-corrected chi connectivity index (χ0v) is 22.1. The summed E-state index contributed by atoms with van der Waals surface area (Å²) in [6.45, 7) is 8.53. The Hall–Kier alpha value is -3.72. The summed E-state index contributed by atoms with van der Waals surface area (Å²) in [7, 11) is 0. The second kappa shape index (κ2) is 10.3. The van der Waals surface area contributed by atoms with Crippen molar-refractivity contribution in [2.75, 3.05) is 13.4 Å². The van der Waals surface area contributed by atoms with Crippen molar-refractivity contribution in [1.82, 2.24) is 10.2 Å². The van der Waals surface area contributed by atoms with Crippen LogP contribution >= 0.6 is 11.8 Å². The van der Waals surface area contributed by atoms with Gasteiger partial charge in [0.15, 0.2) is 16.7 Å². The predicted molar refractivity (Wildman–Crippen MR) is 142 cm³/mol. The van der Waals surface area contributed by atoms with Crippen LogP contribution in [-0.4, -0.2) is 35.3 Å². The molecule has 0 radical (unpaired) electrons. The molecular weight excluding hydrogens is 490 g/mol. The number of carbonyl (C=O) groups excluding carboxylic acids is 2. The van der Waals surface area contributed by atoms with E-state index in [9.17, 15) is 9.59 Å². The van der Waals surface area contributed by atoms with Gasteiger partial charge in [-0.1, -0.05) is 41.6 Å². The molecule has 5 rings (SSSR count). The Morgan fingerprint density at radius 2 is 1.95 bits per heavy atom. The number of allylic oxidation sites excluding steroid dienone is 1. The minimum absolute atomic E-state index is 0.130. The van der Waals surface area contributed by atoms with E-state index in [4.69, 9.17) is 19.2 Å². The number of amides is 1. The molecule has 8 nitrogen and oxygen atoms in total. The maximum absolute atomic E-state index is 13.1. The van der Waals surface area contributed by atoms with E-state index < -0.39 is 12.0 Å². The molecule has 1 unspecified atom stereocenters. The average Bonchev–Trinajstić information content (AvgIpc) is 3.50. The molecule has 0 bridgehead atoms. The Kier molecular flexibility index (Phi) is 6.97. The van der Waals surface area contributed by atoms with E-state index in [1.54, 1.807) is 6.92 Å². The fourth-order valence-corrected chi connectivity index (χ4v) is 5.63. The van der Waals surface area contributed by atoms with Gasteiger partial charge in [0.25, 0.3) is 0 Å². The Labute approximate surface area is 220 Å². The van der Waals surface area contributed by atoms with Gasteiger partial charge in [0.2, 0.25) is 12.7 Å². The number of thioether (sulfide) groups is 1. The Morgan fingerprint density at radius 3 is 2.76 bits per heavy atom. The molecule has 2 aromatic rings. The largest absolute Gasteiger partial charge is 0.463 e. The van der Waals surface area contributed by atoms with Crippen LogP contribution in [0.2, 0.25) is 0 Å². The number of fused-ring (bicyclic) bond motifs is 2. The first kappa shape index (κ1) is 25.0. The van der Waals surface area contributed by atoms with Crippen molar-refractivity contribution in [1.29, 1.82) is 0 Å². The van der Waals surface area contributed by atoms with Crippen LogP contribution in [0.25, 0.3) is 0 Å². The quantitative estimate of drug-likeness (QED) is 0.522. The van der Waals surface area contributed by atoms with Crippen molar-refractivity contribution in [3.63, 3.8) is 0 Å². The molecule has 3 aliphatic rings. The molecular formula is C28H29N3O5S. The topological polar surface area (TPSA) is 89.5 Å². The summed E-state index contributed by atoms with van der Waals surface area (Å²) in [5.41, 5.74) is 5.96. The molecule has 0 spiro atoms. The van der Waals surface area contributed by atoms with Crippen LogP contribution in [0.3, 0.4) is 0 Å². The van der Waals surface area contributed by atoms with E-state index >= 15 is 0 Å². The van der Waals surface area contributed by atoms with Gasteiger partial charge in [-0.25, -0.2) is 9.79 Å². The summed E-state index contributed by atoms with van der Waals surface area (Å²) in [6.07, 6.45) is 0.146. The van der Waals surface area contributed by atoms with E-state index in [0.29, 0.717) is 29.3 Å². The molecule has 3 aliphatic heterocycles. The molecule has 1 atom stereocenters. The van der Waals surface area contributed by atoms with Crippen LogP contribution in [-0.2, 0) is 20.9 Å². The van der Waals surface area contributed by atoms with Gasteiger partial charge in [-0.2, -0.15) is 0 Å². The highest BCUT2D eigenvalue weighted by molar-refractivity contribution is 8.16. The van der Waals surface area contributed by atoms with Crippen molar-refractivity contribution in [2.45, 2.75) is 46.7 Å². The van der Waals surface area contributed by atoms with E-state index in [2.05, 4.69) is 23.5 Å². The Bertz CT molecular complexity index is 1360. The molecule has 1 N–H and O–H groups in total. The lowest BCUT2D eigenvalue weighted by Crippen LogP contribution is -2.38. The third-order valence-electron chi connectivity index (χ3n) is 6.49. The summed E-state index contributed by atoms with van der Waals surface area (Å²) < 4.78 is 16.2. The van der Waals surface area contributed by atoms with Crippen LogP contribution in [0.5, 0.6) is 11.5 Å². The number of aryl methyl sites for hydroxylation is 2. The number of hydrogen-bond acceptors (Lipinski definition) is 8. The fraction of sp³-hybridized carbons (Fsp3) is 0.321. The third-order valence-corrected chi connectivity index (χ3v) is 7.38. The van der Waals surface area contributed by atoms with Crippen molar-refractivity contribution < 1.29 is 23.8 Å². The maximum atomic E-state index is 13.1. The number of rotatable bonds is 7. The molecule has 0 fully saturated rings. The average molecular weight is 520 g/mol. The highest BCUT2D eigenvalue weighted by Crippen LogP contribution is 2.45. The van der Waals surface area contributed by atoms with E-state index in [1.165, 1.54) is 11.8 Å². The molecule has 0 saturated carbocycles. The summed E-state index contributed by atoms with van der Waals surface area (Å²) in [5, 5.41) is 5.68. The SMILES string of the molecule is CCOC(=O)C1=C(C)N=C2SC=C(CC(=O)NCc3ccc4c(c3)OCO4)N2C1c1cc(C)ccc1C. The van der Waals surface area contributed by atoms with Gasteiger partial charge in [-0.3, -0.25) is 4.79 Å². The molecule has 0 aliphatic carbocycles. The molecule has 0 saturated heterocycles. The Morgan fingerprint density at radius 1 is 1.14 bits per heavy atom. The second-order valence-electron chi connectivity index (χ2n) is 9.11. The van der Waals surface area contributed by atoms with Gasteiger partial charge >= 0.3 is 5.97 Å². The molecule has 37 heavy (non-hydrogen) atoms. The lowest BCUT2D eigenvalue weighted by molar-refractivity contribution is -0.139. The third kappa shape index (κ3) is 4.96. The molecule has 1 amide bonds. The number of aliphatic imine (C=N–C) groups is 1. The number of nitrogens with zero attached hydrogens (tertiary/aromatic N) is 2. The number of hydrogen-bond donors (Lipinski definition) is 1. The van der Waals surface area contributed by atoms with E-state index in [1.807, 2.05) is 49.3 Å². The fourth-order valence-electron chi connectivity index (χ4n) is 4.67. The number of carbonyl (C=O) groups is 2. The molecule has 2 aromatic carbocycles. The van der Waals surface area contributed by atoms with Crippen molar-refractivity contribution in [2.24, 2.45) is 4.99 Å². The van der Waals surface area contributed by atoms with Gasteiger partial charge in [0.05, 0.1) is 30.3 Å². The van der Waals surface area contributed by atoms with Gasteiger partial charge < -0.3 is 24.4 Å². The highest BCUT2D eigenvalue weighted by Gasteiger charge is 2.41. The van der Waals surface area contributed by atoms with Crippen LogP contribution in [0.1, 0.15) is 48.6 Å². The molecule has 9 heteroatoms. The maximum Gasteiger partial charge on any atom is 0.338 e. The first-order valence-electron chi connectivity index (χ1n) is 12.2. The van der Waals surface area contributed by atoms with Crippen LogP contribution in [0.15, 0.2) is 63.8 Å². The number of benzene rings is 2. The first-order valence-corrected chi connectivity index (χ1v) is 13.1. The van der Waals surface area contributed by atoms with Gasteiger partial charge in [-0.05, 0) is 61.9 Å². The zero-order valence-electron chi connectivity index (χ0n) is 21.3. The van der Waals surface area contributed by atoms with Gasteiger partial charge in [-0.15, -0.1) is 0 Å². The standard InChI is InChI=1S/C28H29N3O5S/c1-5-34-27(33)25-18(4)30-28-31(26(25)21-10-16(2)6-7-17(21)3)20(14-37-28)12-24(32)29-13-19-8-9-22-23(11-19)36-15-35-22/h6-11,14,26H,5,12-13,15H2,1-4H3,(H,29,32). The number of amidine groups is 1. The van der Waals surface area contributed by atoms with E-state index in [0.717, 1.165) is 33.1 Å². The summed E-state index contributed by atoms with van der Waals surface area (Å²) in [4.78, 5) is 32.9. The summed E-state index contributed by atoms with van der Waals surface area (Å²) in [5.74, 6) is 0.867. The van der Waals surface area contributed by atoms with Gasteiger partial charge in [0, 0.05) is 12.2 Å². The minimum atomic E-state index is -0.436. The molecule has 192 valence electrons. The Balaban J connectivity index is 1.39. The molecule has 0 aromatic heterocycles. The lowest BCUT2D eigenvalue weighted by Gasteiger charge is -2.37. The summed E-state index contributed by atoms with van der Waals surface area (Å²) in [6, 6.07) is 11.4. The van der Waals surface area contributed by atoms with E-state index in [-0.39, 0.29) is 25.7 Å². The van der Waals surface area contributed by atoms with Crippen molar-refractivity contribution >= 4 is 28.8 Å². The highest BCUT2D eigenvalue weighted by atomic mass is 32.2. The minimum Gasteiger partial charge on any atom is -0.463 e. The zero-order chi connectivity index (χ0) is 26.1. The lowest BCUT2D eigenvalue weighted by atomic mass is 9.90. The van der Waals surface area contributed by atoms with Crippen LogP contribution in [0, 0.1) is 13.8 Å². The van der Waals surface area contributed by atoms with Gasteiger partial charge in [0.1, 0.15) is 0 Å². The second-order valence-corrected chi connectivity index (χ2v) is 9.95. The van der Waals surface area contributed by atoms with Crippen LogP contribution < -0.4 is 14.8 Å². The normalized spacial score (nSPS) is 17.8. The van der Waals surface area contributed by atoms with Crippen molar-refractivity contribution in [3.8, 4) is 11.5 Å². The smallest absolute Gasteiger partial charge is 0.338 e. The monoisotopic (exact) mass is 519 g/mol. The van der Waals surface area contributed by atoms with Crippen molar-refractivity contribution in [3.05, 3.63) is 81.0 Å². The number of nitrogens with one attached hydrogen (secondary N) is 1. The number of ether oxygens (including phenoxy) is 3. The molecule has 3 heterocycles. The number of esters is 1. The first-order chi connectivity index (χ1) is 17.9. The van der Waals surface area contributed by atoms with Crippen LogP contribution in [0.4, 0.5) is 0 Å². The predicted octanol–water partition coefficient (Wildman–Crippen LogP) is 4.88.